The minimum atomic E-state index is -4.91. The zero-order valence-electron chi connectivity index (χ0n) is 28.3. The highest BCUT2D eigenvalue weighted by atomic mass is 32.2. The van der Waals surface area contributed by atoms with Crippen LogP contribution in [0.15, 0.2) is 109 Å². The van der Waals surface area contributed by atoms with Gasteiger partial charge in [0.15, 0.2) is 11.5 Å². The third-order valence-corrected chi connectivity index (χ3v) is 10.2. The number of nitrogens with two attached hydrogens (primary N) is 2. The average molecular weight is 753 g/mol. The first kappa shape index (κ1) is 36.6. The Morgan fingerprint density at radius 1 is 0.585 bits per heavy atom. The number of rotatable bonds is 8. The van der Waals surface area contributed by atoms with Crippen LogP contribution in [0.4, 0.5) is 34.1 Å². The van der Waals surface area contributed by atoms with Gasteiger partial charge in [0.25, 0.3) is 20.2 Å². The number of benzene rings is 6. The predicted molar refractivity (Wildman–Crippen MR) is 204 cm³/mol. The van der Waals surface area contributed by atoms with Crippen molar-refractivity contribution in [3.05, 3.63) is 107 Å². The molecule has 0 amide bonds. The zero-order valence-corrected chi connectivity index (χ0v) is 30.0. The van der Waals surface area contributed by atoms with Gasteiger partial charge in [-0.15, -0.1) is 10.2 Å². The van der Waals surface area contributed by atoms with Gasteiger partial charge in [-0.25, -0.2) is 0 Å². The van der Waals surface area contributed by atoms with E-state index in [4.69, 9.17) is 11.5 Å². The number of hydrogen-bond acceptors (Lipinski definition) is 12. The number of aromatic hydroxyl groups is 2. The summed E-state index contributed by atoms with van der Waals surface area (Å²) in [6.45, 7) is 5.33. The SMILES string of the molecule is Cc1cc(N)c2c(O)c(N=Nc3ccc(/C=C/c4ccc(N=Nc5c(C)cc6ccc(N)cc6c5O)cc4C)c(S(=O)(=O)O)c3)c(S(=O)(=O)O)cc2c1. The van der Waals surface area contributed by atoms with Crippen LogP contribution in [0.5, 0.6) is 11.5 Å². The quantitative estimate of drug-likeness (QED) is 0.0372. The van der Waals surface area contributed by atoms with Crippen LogP contribution >= 0.6 is 0 Å². The summed E-state index contributed by atoms with van der Waals surface area (Å²) in [7, 11) is -9.71. The van der Waals surface area contributed by atoms with Crippen molar-refractivity contribution in [1.29, 1.82) is 0 Å². The molecule has 8 N–H and O–H groups in total. The third-order valence-electron chi connectivity index (χ3n) is 8.41. The summed E-state index contributed by atoms with van der Waals surface area (Å²) >= 11 is 0. The molecular formula is C37H32N6O8S2. The molecule has 0 heterocycles. The minimum Gasteiger partial charge on any atom is -0.505 e. The standard InChI is InChI=1S/C37H32N6O8S2/c1-19-12-25-16-32(53(49,50)51)35(37(45)33(25)30(39)13-19)43-41-28-11-8-23(31(18-28)52(46,47)48)5-4-22-7-10-27(15-20(22)2)40-42-34-21(3)14-24-6-9-26(38)17-29(24)36(34)44/h4-18,44-45H,38-39H2,1-3H3,(H,46,47,48)(H,49,50,51)/b5-4+,42-40?,43-41?. The van der Waals surface area contributed by atoms with E-state index in [1.54, 1.807) is 55.5 Å². The van der Waals surface area contributed by atoms with Crippen LogP contribution in [0.2, 0.25) is 0 Å². The Bertz CT molecular complexity index is 2820. The van der Waals surface area contributed by atoms with Crippen LogP contribution in [0, 0.1) is 20.8 Å². The molecular weight excluding hydrogens is 721 g/mol. The third kappa shape index (κ3) is 7.56. The van der Waals surface area contributed by atoms with E-state index in [1.165, 1.54) is 18.2 Å². The number of azo groups is 2. The van der Waals surface area contributed by atoms with Crippen molar-refractivity contribution in [3.63, 3.8) is 0 Å². The Morgan fingerprint density at radius 2 is 1.21 bits per heavy atom. The predicted octanol–water partition coefficient (Wildman–Crippen LogP) is 8.99. The molecule has 0 aromatic heterocycles. The van der Waals surface area contributed by atoms with E-state index in [-0.39, 0.29) is 33.5 Å². The number of phenols is 2. The monoisotopic (exact) mass is 752 g/mol. The number of phenolic OH excluding ortho intramolecular Hbond substituents is 2. The number of hydrogen-bond donors (Lipinski definition) is 6. The maximum Gasteiger partial charge on any atom is 0.296 e. The van der Waals surface area contributed by atoms with E-state index in [0.29, 0.717) is 33.6 Å². The van der Waals surface area contributed by atoms with Gasteiger partial charge in [0.1, 0.15) is 21.2 Å². The van der Waals surface area contributed by atoms with Gasteiger partial charge in [-0.2, -0.15) is 27.1 Å². The minimum absolute atomic E-state index is 0.0376. The van der Waals surface area contributed by atoms with Gasteiger partial charge in [-0.1, -0.05) is 36.4 Å². The second-order valence-corrected chi connectivity index (χ2v) is 15.1. The van der Waals surface area contributed by atoms with Gasteiger partial charge < -0.3 is 21.7 Å². The van der Waals surface area contributed by atoms with Crippen LogP contribution in [-0.2, 0) is 20.2 Å². The molecule has 0 aliphatic rings. The molecule has 0 saturated heterocycles. The van der Waals surface area contributed by atoms with E-state index in [1.807, 2.05) is 26.0 Å². The van der Waals surface area contributed by atoms with Gasteiger partial charge in [0.2, 0.25) is 0 Å². The lowest BCUT2D eigenvalue weighted by atomic mass is 10.0. The average Bonchev–Trinajstić information content (AvgIpc) is 3.06. The highest BCUT2D eigenvalue weighted by molar-refractivity contribution is 7.86. The smallest absolute Gasteiger partial charge is 0.296 e. The van der Waals surface area contributed by atoms with Crippen LogP contribution in [0.3, 0.4) is 0 Å². The largest absolute Gasteiger partial charge is 0.505 e. The molecule has 6 aromatic rings. The van der Waals surface area contributed by atoms with Crippen LogP contribution in [0.1, 0.15) is 27.8 Å². The summed E-state index contributed by atoms with van der Waals surface area (Å²) in [5.74, 6) is -0.703. The van der Waals surface area contributed by atoms with E-state index >= 15 is 0 Å². The summed E-state index contributed by atoms with van der Waals surface area (Å²) in [4.78, 5) is -1.28. The van der Waals surface area contributed by atoms with E-state index in [9.17, 15) is 36.2 Å². The topological polar surface area (TPSA) is 251 Å². The molecule has 16 heteroatoms. The fraction of sp³-hybridized carbons (Fsp3) is 0.0811. The summed E-state index contributed by atoms with van der Waals surface area (Å²) in [5, 5.41) is 39.8. The van der Waals surface area contributed by atoms with Gasteiger partial charge in [0, 0.05) is 22.1 Å². The van der Waals surface area contributed by atoms with Crippen molar-refractivity contribution in [3.8, 4) is 11.5 Å². The molecule has 0 atom stereocenters. The molecule has 6 rings (SSSR count). The molecule has 0 spiro atoms. The Morgan fingerprint density at radius 3 is 1.87 bits per heavy atom. The second-order valence-electron chi connectivity index (χ2n) is 12.3. The first-order chi connectivity index (χ1) is 24.9. The lowest BCUT2D eigenvalue weighted by Crippen LogP contribution is -2.01. The number of anilines is 2. The van der Waals surface area contributed by atoms with Crippen molar-refractivity contribution in [2.24, 2.45) is 20.5 Å². The maximum atomic E-state index is 12.4. The summed E-state index contributed by atoms with van der Waals surface area (Å²) in [6, 6.07) is 20.2. The Kier molecular flexibility index (Phi) is 9.48. The van der Waals surface area contributed by atoms with Crippen molar-refractivity contribution < 1.29 is 36.2 Å². The molecule has 0 radical (unpaired) electrons. The molecule has 0 bridgehead atoms. The fourth-order valence-corrected chi connectivity index (χ4v) is 7.23. The number of nitrogen functional groups attached to an aromatic ring is 2. The second kappa shape index (κ2) is 13.7. The van der Waals surface area contributed by atoms with Gasteiger partial charge in [-0.3, -0.25) is 9.11 Å². The number of nitrogens with zero attached hydrogens (tertiary/aromatic N) is 4. The molecule has 0 aliphatic carbocycles. The summed E-state index contributed by atoms with van der Waals surface area (Å²) in [5.41, 5.74) is 15.5. The van der Waals surface area contributed by atoms with Crippen molar-refractivity contribution in [1.82, 2.24) is 0 Å². The maximum absolute atomic E-state index is 12.4. The highest BCUT2D eigenvalue weighted by Gasteiger charge is 2.23. The lowest BCUT2D eigenvalue weighted by molar-refractivity contribution is 0.472. The molecule has 0 unspecified atom stereocenters. The number of fused-ring (bicyclic) bond motifs is 2. The van der Waals surface area contributed by atoms with E-state index < -0.39 is 41.5 Å². The molecule has 6 aromatic carbocycles. The van der Waals surface area contributed by atoms with Crippen molar-refractivity contribution >= 4 is 88.1 Å². The number of aryl methyl sites for hydroxylation is 3. The van der Waals surface area contributed by atoms with E-state index in [2.05, 4.69) is 20.5 Å². The lowest BCUT2D eigenvalue weighted by Gasteiger charge is -2.11. The molecule has 53 heavy (non-hydrogen) atoms. The normalized spacial score (nSPS) is 12.6. The van der Waals surface area contributed by atoms with Crippen LogP contribution in [-0.4, -0.2) is 36.2 Å². The molecule has 0 fully saturated rings. The Labute approximate surface area is 304 Å². The molecule has 14 nitrogen and oxygen atoms in total. The van der Waals surface area contributed by atoms with Gasteiger partial charge in [0.05, 0.1) is 11.4 Å². The summed E-state index contributed by atoms with van der Waals surface area (Å²) in [6.07, 6.45) is 3.09. The Hall–Kier alpha value is -6.20. The van der Waals surface area contributed by atoms with Crippen molar-refractivity contribution in [2.45, 2.75) is 30.6 Å². The van der Waals surface area contributed by atoms with Crippen molar-refractivity contribution in [2.75, 3.05) is 11.5 Å². The molecule has 0 saturated carbocycles. The molecule has 0 aliphatic heterocycles. The van der Waals surface area contributed by atoms with Crippen LogP contribution < -0.4 is 11.5 Å². The highest BCUT2D eigenvalue weighted by Crippen LogP contribution is 2.44. The Balaban J connectivity index is 1.30. The summed E-state index contributed by atoms with van der Waals surface area (Å²) < 4.78 is 69.2. The van der Waals surface area contributed by atoms with Crippen LogP contribution in [0.25, 0.3) is 33.7 Å². The van der Waals surface area contributed by atoms with Gasteiger partial charge in [-0.05, 0) is 114 Å². The van der Waals surface area contributed by atoms with E-state index in [0.717, 1.165) is 28.6 Å². The zero-order chi connectivity index (χ0) is 38.4. The first-order valence-electron chi connectivity index (χ1n) is 15.7. The molecule has 270 valence electrons. The fourth-order valence-electron chi connectivity index (χ4n) is 5.87. The first-order valence-corrected chi connectivity index (χ1v) is 18.6. The van der Waals surface area contributed by atoms with Gasteiger partial charge >= 0.3 is 0 Å².